The molecule has 1 saturated heterocycles. The van der Waals surface area contributed by atoms with Crippen LogP contribution in [0, 0.1) is 0 Å². The van der Waals surface area contributed by atoms with E-state index >= 15 is 0 Å². The molecule has 1 atom stereocenters. The highest BCUT2D eigenvalue weighted by atomic mass is 32.2. The number of aromatic nitrogens is 1. The number of nitrogens with zero attached hydrogens (tertiary/aromatic N) is 2. The van der Waals surface area contributed by atoms with E-state index in [1.807, 2.05) is 30.3 Å². The van der Waals surface area contributed by atoms with Crippen LogP contribution in [-0.2, 0) is 31.5 Å². The molecule has 0 aliphatic carbocycles. The minimum atomic E-state index is -3.84. The Morgan fingerprint density at radius 2 is 1.91 bits per heavy atom. The van der Waals surface area contributed by atoms with Gasteiger partial charge >= 0.3 is 6.03 Å². The Labute approximate surface area is 185 Å². The Morgan fingerprint density at radius 1 is 1.25 bits per heavy atom. The Hall–Kier alpha value is -2.73. The number of nitrogens with one attached hydrogen (secondary N) is 1. The average Bonchev–Trinajstić information content (AvgIpc) is 3.28. The maximum absolute atomic E-state index is 12.8. The molecule has 172 valence electrons. The molecule has 0 radical (unpaired) electrons. The van der Waals surface area contributed by atoms with Crippen LogP contribution in [0.4, 0.5) is 4.79 Å². The van der Waals surface area contributed by atoms with Gasteiger partial charge < -0.3 is 14.7 Å². The smallest absolute Gasteiger partial charge is 0.328 e. The second kappa shape index (κ2) is 7.69. The standard InChI is InChI=1S/C21H25N3O7S/c1-20(18(25)22-28,32(2,29)30)7-8-23-11-17-9-15(10-24(17)19(23)26)14-3-5-16(6-4-14)21(27)12-31-13-21/h3-6,9-10,27-28H,7-8,11-13H2,1-2H3,(H,22,25)/t20-/m1/s1. The maximum Gasteiger partial charge on any atom is 0.328 e. The molecule has 10 nitrogen and oxygen atoms in total. The lowest BCUT2D eigenvalue weighted by atomic mass is 9.91. The van der Waals surface area contributed by atoms with Gasteiger partial charge in [0, 0.05) is 30.3 Å². The molecule has 2 amide bonds. The summed E-state index contributed by atoms with van der Waals surface area (Å²) >= 11 is 0. The van der Waals surface area contributed by atoms with Crippen molar-refractivity contribution in [2.45, 2.75) is 30.2 Å². The van der Waals surface area contributed by atoms with Crippen molar-refractivity contribution in [3.8, 4) is 11.1 Å². The van der Waals surface area contributed by atoms with Gasteiger partial charge in [-0.25, -0.2) is 18.7 Å². The molecule has 4 rings (SSSR count). The van der Waals surface area contributed by atoms with Crippen LogP contribution >= 0.6 is 0 Å². The number of fused-ring (bicyclic) bond motifs is 1. The molecule has 2 aromatic rings. The van der Waals surface area contributed by atoms with Gasteiger partial charge in [0.1, 0.15) is 5.60 Å². The van der Waals surface area contributed by atoms with Gasteiger partial charge in [-0.05, 0) is 30.5 Å². The summed E-state index contributed by atoms with van der Waals surface area (Å²) in [6.07, 6.45) is 2.48. The third-order valence-electron chi connectivity index (χ3n) is 6.43. The number of amides is 2. The third-order valence-corrected chi connectivity index (χ3v) is 8.45. The lowest BCUT2D eigenvalue weighted by Gasteiger charge is -2.36. The predicted octanol–water partition coefficient (Wildman–Crippen LogP) is 0.855. The summed E-state index contributed by atoms with van der Waals surface area (Å²) in [5, 5.41) is 19.3. The highest BCUT2D eigenvalue weighted by Crippen LogP contribution is 2.33. The molecular formula is C21H25N3O7S. The zero-order valence-electron chi connectivity index (χ0n) is 17.7. The van der Waals surface area contributed by atoms with Gasteiger partial charge in [-0.3, -0.25) is 14.6 Å². The monoisotopic (exact) mass is 463 g/mol. The SMILES string of the molecule is C[C@@](CCN1Cc2cc(-c3ccc(C4(O)COC4)cc3)cn2C1=O)(C(=O)NO)S(C)(=O)=O. The fourth-order valence-corrected chi connectivity index (χ4v) is 4.77. The van der Waals surface area contributed by atoms with Crippen molar-refractivity contribution >= 4 is 21.8 Å². The number of carbonyl (C=O) groups is 2. The number of ether oxygens (including phenoxy) is 1. The van der Waals surface area contributed by atoms with E-state index in [1.165, 1.54) is 21.9 Å². The number of benzene rings is 1. The summed E-state index contributed by atoms with van der Waals surface area (Å²) in [4.78, 5) is 26.3. The van der Waals surface area contributed by atoms with Crippen molar-refractivity contribution < 1.29 is 33.1 Å². The second-order valence-electron chi connectivity index (χ2n) is 8.59. The molecule has 3 heterocycles. The quantitative estimate of drug-likeness (QED) is 0.409. The predicted molar refractivity (Wildman–Crippen MR) is 114 cm³/mol. The van der Waals surface area contributed by atoms with Crippen molar-refractivity contribution in [1.82, 2.24) is 14.9 Å². The molecule has 2 aliphatic heterocycles. The maximum atomic E-state index is 12.8. The summed E-state index contributed by atoms with van der Waals surface area (Å²) in [5.74, 6) is -1.03. The topological polar surface area (TPSA) is 138 Å². The molecule has 11 heteroatoms. The third kappa shape index (κ3) is 3.60. The number of hydrogen-bond donors (Lipinski definition) is 3. The zero-order chi connectivity index (χ0) is 23.3. The van der Waals surface area contributed by atoms with Crippen LogP contribution in [0.1, 0.15) is 24.6 Å². The van der Waals surface area contributed by atoms with Gasteiger partial charge in [0.15, 0.2) is 14.6 Å². The summed E-state index contributed by atoms with van der Waals surface area (Å²) in [7, 11) is -3.84. The zero-order valence-corrected chi connectivity index (χ0v) is 18.6. The average molecular weight is 464 g/mol. The molecule has 0 bridgehead atoms. The van der Waals surface area contributed by atoms with E-state index in [4.69, 9.17) is 9.94 Å². The Morgan fingerprint density at radius 3 is 2.41 bits per heavy atom. The first-order valence-electron chi connectivity index (χ1n) is 10.0. The number of hydroxylamine groups is 1. The van der Waals surface area contributed by atoms with Crippen molar-refractivity contribution in [2.75, 3.05) is 26.0 Å². The highest BCUT2D eigenvalue weighted by molar-refractivity contribution is 7.92. The minimum absolute atomic E-state index is 0.0299. The Kier molecular flexibility index (Phi) is 5.40. The molecule has 0 unspecified atom stereocenters. The van der Waals surface area contributed by atoms with E-state index in [1.54, 1.807) is 6.20 Å². The number of aliphatic hydroxyl groups is 1. The fraction of sp³-hybridized carbons (Fsp3) is 0.429. The van der Waals surface area contributed by atoms with Gasteiger partial charge in [-0.2, -0.15) is 0 Å². The summed E-state index contributed by atoms with van der Waals surface area (Å²) in [6.45, 7) is 2.07. The Bertz CT molecular complexity index is 1170. The van der Waals surface area contributed by atoms with Crippen molar-refractivity contribution in [2.24, 2.45) is 0 Å². The summed E-state index contributed by atoms with van der Waals surface area (Å²) in [5.41, 5.74) is 3.73. The second-order valence-corrected chi connectivity index (χ2v) is 11.0. The molecule has 2 aliphatic rings. The first-order chi connectivity index (χ1) is 15.0. The van der Waals surface area contributed by atoms with Crippen LogP contribution in [-0.4, -0.2) is 70.9 Å². The number of carbonyl (C=O) groups excluding carboxylic acids is 2. The highest BCUT2D eigenvalue weighted by Gasteiger charge is 2.44. The molecule has 0 spiro atoms. The van der Waals surface area contributed by atoms with Crippen LogP contribution in [0.15, 0.2) is 36.5 Å². The van der Waals surface area contributed by atoms with Crippen LogP contribution in [0.25, 0.3) is 11.1 Å². The lowest BCUT2D eigenvalue weighted by Crippen LogP contribution is -2.50. The molecule has 32 heavy (non-hydrogen) atoms. The fourth-order valence-electron chi connectivity index (χ4n) is 3.93. The molecular weight excluding hydrogens is 438 g/mol. The van der Waals surface area contributed by atoms with Crippen LogP contribution < -0.4 is 5.48 Å². The van der Waals surface area contributed by atoms with Crippen molar-refractivity contribution in [3.63, 3.8) is 0 Å². The summed E-state index contributed by atoms with van der Waals surface area (Å²) < 4.78 is 29.0. The first-order valence-corrected chi connectivity index (χ1v) is 11.9. The first kappa shape index (κ1) is 22.5. The largest absolute Gasteiger partial charge is 0.380 e. The van der Waals surface area contributed by atoms with Gasteiger partial charge in [-0.1, -0.05) is 24.3 Å². The molecule has 3 N–H and O–H groups in total. The number of sulfone groups is 1. The lowest BCUT2D eigenvalue weighted by molar-refractivity contribution is -0.184. The molecule has 1 aromatic carbocycles. The number of rotatable bonds is 7. The van der Waals surface area contributed by atoms with E-state index in [-0.39, 0.29) is 38.8 Å². The van der Waals surface area contributed by atoms with Gasteiger partial charge in [0.25, 0.3) is 5.91 Å². The van der Waals surface area contributed by atoms with E-state index < -0.39 is 26.1 Å². The number of hydrogen-bond acceptors (Lipinski definition) is 7. The molecule has 1 fully saturated rings. The minimum Gasteiger partial charge on any atom is -0.380 e. The van der Waals surface area contributed by atoms with Gasteiger partial charge in [0.2, 0.25) is 0 Å². The molecule has 0 saturated carbocycles. The van der Waals surface area contributed by atoms with Crippen LogP contribution in [0.2, 0.25) is 0 Å². The Balaban J connectivity index is 1.47. The van der Waals surface area contributed by atoms with E-state index in [9.17, 15) is 23.1 Å². The molecule has 1 aromatic heterocycles. The van der Waals surface area contributed by atoms with Crippen molar-refractivity contribution in [1.29, 1.82) is 0 Å². The van der Waals surface area contributed by atoms with E-state index in [0.717, 1.165) is 28.6 Å². The van der Waals surface area contributed by atoms with Gasteiger partial charge in [0.05, 0.1) is 19.8 Å². The van der Waals surface area contributed by atoms with Gasteiger partial charge in [-0.15, -0.1) is 0 Å². The van der Waals surface area contributed by atoms with Crippen molar-refractivity contribution in [3.05, 3.63) is 47.8 Å². The van der Waals surface area contributed by atoms with E-state index in [2.05, 4.69) is 0 Å². The normalized spacial score (nSPS) is 19.2. The van der Waals surface area contributed by atoms with Crippen LogP contribution in [0.5, 0.6) is 0 Å². The van der Waals surface area contributed by atoms with E-state index in [0.29, 0.717) is 0 Å². The van der Waals surface area contributed by atoms with Crippen LogP contribution in [0.3, 0.4) is 0 Å². The summed E-state index contributed by atoms with van der Waals surface area (Å²) in [6, 6.07) is 9.00.